The van der Waals surface area contributed by atoms with Crippen LogP contribution in [0.2, 0.25) is 0 Å². The van der Waals surface area contributed by atoms with Gasteiger partial charge in [-0.25, -0.2) is 8.42 Å². The molecule has 0 unspecified atom stereocenters. The largest absolute Gasteiger partial charge is 0.324 e. The van der Waals surface area contributed by atoms with E-state index in [0.717, 1.165) is 37.0 Å². The van der Waals surface area contributed by atoms with E-state index in [-0.39, 0.29) is 9.77 Å². The minimum atomic E-state index is -3.99. The number of benzene rings is 3. The molecule has 0 aliphatic rings. The summed E-state index contributed by atoms with van der Waals surface area (Å²) in [7, 11) is -3.99. The number of carbonyl (C=O) groups excluding carboxylic acids is 1. The van der Waals surface area contributed by atoms with E-state index in [0.29, 0.717) is 17.9 Å². The molecule has 176 valence electrons. The number of sulfonamides is 1. The molecule has 1 aromatic heterocycles. The third kappa shape index (κ3) is 4.62. The molecule has 0 radical (unpaired) electrons. The van der Waals surface area contributed by atoms with E-state index in [4.69, 9.17) is 0 Å². The lowest BCUT2D eigenvalue weighted by atomic mass is 10.1. The van der Waals surface area contributed by atoms with Crippen molar-refractivity contribution in [2.75, 3.05) is 16.2 Å². The van der Waals surface area contributed by atoms with Crippen molar-refractivity contribution in [3.05, 3.63) is 87.5 Å². The molecule has 0 aliphatic heterocycles. The van der Waals surface area contributed by atoms with Gasteiger partial charge in [-0.2, -0.15) is 0 Å². The van der Waals surface area contributed by atoms with Gasteiger partial charge < -0.3 is 5.32 Å². The van der Waals surface area contributed by atoms with E-state index in [1.165, 1.54) is 12.1 Å². The van der Waals surface area contributed by atoms with Crippen LogP contribution in [-0.4, -0.2) is 25.4 Å². The summed E-state index contributed by atoms with van der Waals surface area (Å²) in [5.41, 5.74) is 3.38. The number of amides is 1. The fraction of sp³-hybridized carbons (Fsp3) is 0.200. The molecule has 1 heterocycles. The van der Waals surface area contributed by atoms with E-state index in [1.807, 2.05) is 32.9 Å². The molecule has 3 aromatic carbocycles. The first-order valence-corrected chi connectivity index (χ1v) is 13.0. The van der Waals surface area contributed by atoms with Crippen molar-refractivity contribution in [1.82, 2.24) is 4.57 Å². The number of fused-ring (bicyclic) bond motifs is 1. The van der Waals surface area contributed by atoms with E-state index in [1.54, 1.807) is 47.0 Å². The number of rotatable bonds is 7. The maximum absolute atomic E-state index is 13.5. The first kappa shape index (κ1) is 23.7. The predicted octanol–water partition coefficient (Wildman–Crippen LogP) is 4.53. The maximum Gasteiger partial charge on any atom is 0.308 e. The molecule has 0 aliphatic carbocycles. The predicted molar refractivity (Wildman–Crippen MR) is 137 cm³/mol. The number of hydrogen-bond donors (Lipinski definition) is 1. The summed E-state index contributed by atoms with van der Waals surface area (Å²) in [6, 6.07) is 18.8. The Morgan fingerprint density at radius 2 is 1.76 bits per heavy atom. The van der Waals surface area contributed by atoms with E-state index >= 15 is 0 Å². The monoisotopic (exact) mass is 495 g/mol. The third-order valence-corrected chi connectivity index (χ3v) is 8.24. The topological polar surface area (TPSA) is 88.5 Å². The molecule has 0 saturated carbocycles. The van der Waals surface area contributed by atoms with Gasteiger partial charge in [0.25, 0.3) is 10.0 Å². The zero-order valence-electron chi connectivity index (χ0n) is 19.1. The van der Waals surface area contributed by atoms with Crippen LogP contribution >= 0.6 is 11.3 Å². The highest BCUT2D eigenvalue weighted by atomic mass is 32.2. The standard InChI is InChI=1S/C25H25N3O4S2/c1-4-27-21-13-12-19(15-23(21)33-25(27)30)26-24(29)16-28(22-14-17(2)10-11-18(22)3)34(31,32)20-8-6-5-7-9-20/h5-15H,4,16H2,1-3H3,(H,26,29). The van der Waals surface area contributed by atoms with Crippen molar-refractivity contribution >= 4 is 48.9 Å². The molecule has 0 saturated heterocycles. The smallest absolute Gasteiger partial charge is 0.308 e. The number of anilines is 2. The lowest BCUT2D eigenvalue weighted by Gasteiger charge is -2.26. The van der Waals surface area contributed by atoms with Gasteiger partial charge in [-0.1, -0.05) is 41.7 Å². The average Bonchev–Trinajstić information content (AvgIpc) is 3.13. The van der Waals surface area contributed by atoms with E-state index in [9.17, 15) is 18.0 Å². The summed E-state index contributed by atoms with van der Waals surface area (Å²) in [5, 5.41) is 2.79. The Balaban J connectivity index is 1.68. The van der Waals surface area contributed by atoms with E-state index in [2.05, 4.69) is 5.32 Å². The van der Waals surface area contributed by atoms with Crippen molar-refractivity contribution in [2.45, 2.75) is 32.2 Å². The molecule has 7 nitrogen and oxygen atoms in total. The molecule has 1 amide bonds. The summed E-state index contributed by atoms with van der Waals surface area (Å²) in [6.07, 6.45) is 0. The van der Waals surface area contributed by atoms with E-state index < -0.39 is 22.5 Å². The number of hydrogen-bond acceptors (Lipinski definition) is 5. The summed E-state index contributed by atoms with van der Waals surface area (Å²) < 4.78 is 30.7. The van der Waals surface area contributed by atoms with Crippen LogP contribution in [0.25, 0.3) is 10.2 Å². The Labute approximate surface area is 202 Å². The van der Waals surface area contributed by atoms with Gasteiger partial charge in [0.1, 0.15) is 6.54 Å². The molecule has 9 heteroatoms. The third-order valence-electron chi connectivity index (χ3n) is 5.52. The lowest BCUT2D eigenvalue weighted by Crippen LogP contribution is -2.38. The Bertz CT molecular complexity index is 1520. The van der Waals surface area contributed by atoms with Crippen molar-refractivity contribution in [2.24, 2.45) is 0 Å². The maximum atomic E-state index is 13.5. The highest BCUT2D eigenvalue weighted by molar-refractivity contribution is 7.92. The quantitative estimate of drug-likeness (QED) is 0.408. The van der Waals surface area contributed by atoms with Crippen LogP contribution in [0.1, 0.15) is 18.1 Å². The first-order valence-electron chi connectivity index (χ1n) is 10.8. The Morgan fingerprint density at radius 3 is 2.47 bits per heavy atom. The second-order valence-corrected chi connectivity index (χ2v) is 10.8. The van der Waals surface area contributed by atoms with Crippen molar-refractivity contribution in [3.8, 4) is 0 Å². The van der Waals surface area contributed by atoms with Crippen LogP contribution in [0.3, 0.4) is 0 Å². The number of thiazole rings is 1. The van der Waals surface area contributed by atoms with Crippen LogP contribution in [-0.2, 0) is 21.4 Å². The van der Waals surface area contributed by atoms with Crippen LogP contribution in [0.5, 0.6) is 0 Å². The second-order valence-electron chi connectivity index (χ2n) is 7.96. The minimum Gasteiger partial charge on any atom is -0.324 e. The van der Waals surface area contributed by atoms with Crippen molar-refractivity contribution in [3.63, 3.8) is 0 Å². The fourth-order valence-electron chi connectivity index (χ4n) is 3.78. The summed E-state index contributed by atoms with van der Waals surface area (Å²) >= 11 is 1.11. The molecule has 0 fully saturated rings. The normalized spacial score (nSPS) is 11.5. The van der Waals surface area contributed by atoms with Gasteiger partial charge >= 0.3 is 4.87 Å². The SMILES string of the molecule is CCn1c(=O)sc2cc(NC(=O)CN(c3cc(C)ccc3C)S(=O)(=O)c3ccccc3)ccc21. The highest BCUT2D eigenvalue weighted by Gasteiger charge is 2.28. The summed E-state index contributed by atoms with van der Waals surface area (Å²) in [5.74, 6) is -0.484. The number of aryl methyl sites for hydroxylation is 3. The Morgan fingerprint density at radius 1 is 1.03 bits per heavy atom. The zero-order valence-corrected chi connectivity index (χ0v) is 20.7. The van der Waals surface area contributed by atoms with Crippen LogP contribution in [0.15, 0.2) is 76.4 Å². The molecular formula is C25H25N3O4S2. The molecule has 4 rings (SSSR count). The molecule has 34 heavy (non-hydrogen) atoms. The minimum absolute atomic E-state index is 0.0592. The molecule has 1 N–H and O–H groups in total. The first-order chi connectivity index (χ1) is 16.2. The van der Waals surface area contributed by atoms with Crippen LogP contribution in [0.4, 0.5) is 11.4 Å². The van der Waals surface area contributed by atoms with Crippen molar-refractivity contribution in [1.29, 1.82) is 0 Å². The lowest BCUT2D eigenvalue weighted by molar-refractivity contribution is -0.114. The number of aromatic nitrogens is 1. The fourth-order valence-corrected chi connectivity index (χ4v) is 6.27. The van der Waals surface area contributed by atoms with Crippen LogP contribution < -0.4 is 14.5 Å². The average molecular weight is 496 g/mol. The van der Waals surface area contributed by atoms with Gasteiger partial charge in [0, 0.05) is 12.2 Å². The Kier molecular flexibility index (Phi) is 6.58. The zero-order chi connectivity index (χ0) is 24.5. The van der Waals surface area contributed by atoms with Gasteiger partial charge in [-0.3, -0.25) is 18.5 Å². The number of nitrogens with one attached hydrogen (secondary N) is 1. The highest BCUT2D eigenvalue weighted by Crippen LogP contribution is 2.28. The van der Waals surface area contributed by atoms with Gasteiger partial charge in [-0.15, -0.1) is 0 Å². The molecule has 0 bridgehead atoms. The summed E-state index contributed by atoms with van der Waals surface area (Å²) in [4.78, 5) is 25.2. The number of nitrogens with zero attached hydrogens (tertiary/aromatic N) is 2. The number of carbonyl (C=O) groups is 1. The molecule has 0 spiro atoms. The Hall–Kier alpha value is -3.43. The molecule has 4 aromatic rings. The van der Waals surface area contributed by atoms with Crippen LogP contribution in [0, 0.1) is 13.8 Å². The second kappa shape index (κ2) is 9.44. The van der Waals surface area contributed by atoms with Gasteiger partial charge in [-0.05, 0) is 68.3 Å². The summed E-state index contributed by atoms with van der Waals surface area (Å²) in [6.45, 7) is 5.75. The van der Waals surface area contributed by atoms with Gasteiger partial charge in [0.05, 0.1) is 20.8 Å². The van der Waals surface area contributed by atoms with Gasteiger partial charge in [0.15, 0.2) is 0 Å². The van der Waals surface area contributed by atoms with Crippen molar-refractivity contribution < 1.29 is 13.2 Å². The molecular weight excluding hydrogens is 470 g/mol. The molecule has 0 atom stereocenters. The van der Waals surface area contributed by atoms with Gasteiger partial charge in [0.2, 0.25) is 5.91 Å².